The fraction of sp³-hybridized carbons (Fsp3) is 0.471. The van der Waals surface area contributed by atoms with E-state index in [0.29, 0.717) is 5.88 Å². The Balaban J connectivity index is 2.40. The molecule has 0 atom stereocenters. The van der Waals surface area contributed by atoms with Crippen molar-refractivity contribution in [2.45, 2.75) is 52.9 Å². The van der Waals surface area contributed by atoms with Crippen molar-refractivity contribution < 1.29 is 5.11 Å². The zero-order valence-corrected chi connectivity index (χ0v) is 12.7. The smallest absolute Gasteiger partial charge is 0.217 e. The van der Waals surface area contributed by atoms with Crippen molar-refractivity contribution in [3.63, 3.8) is 0 Å². The van der Waals surface area contributed by atoms with Crippen LogP contribution in [-0.4, -0.2) is 14.9 Å². The Labute approximate surface area is 121 Å². The Morgan fingerprint density at radius 1 is 1.05 bits per heavy atom. The number of aryl methyl sites for hydroxylation is 2. The van der Waals surface area contributed by atoms with Crippen molar-refractivity contribution >= 4 is 0 Å². The van der Waals surface area contributed by atoms with Gasteiger partial charge in [0.25, 0.3) is 0 Å². The van der Waals surface area contributed by atoms with E-state index < -0.39 is 0 Å². The van der Waals surface area contributed by atoms with Gasteiger partial charge in [-0.25, -0.2) is 4.68 Å². The quantitative estimate of drug-likeness (QED) is 0.856. The molecule has 0 saturated heterocycles. The molecule has 0 radical (unpaired) electrons. The van der Waals surface area contributed by atoms with Gasteiger partial charge in [0, 0.05) is 5.56 Å². The molecule has 0 aliphatic heterocycles. The van der Waals surface area contributed by atoms with Gasteiger partial charge in [0.2, 0.25) is 5.88 Å². The van der Waals surface area contributed by atoms with Crippen LogP contribution in [0.1, 0.15) is 49.9 Å². The maximum atomic E-state index is 10.5. The molecule has 108 valence electrons. The first kappa shape index (κ1) is 14.6. The highest BCUT2D eigenvalue weighted by Crippen LogP contribution is 2.27. The Hall–Kier alpha value is -1.77. The summed E-state index contributed by atoms with van der Waals surface area (Å²) in [6.45, 7) is 6.37. The second kappa shape index (κ2) is 6.60. The van der Waals surface area contributed by atoms with Crippen LogP contribution < -0.4 is 0 Å². The van der Waals surface area contributed by atoms with Crippen molar-refractivity contribution in [3.05, 3.63) is 41.1 Å². The Morgan fingerprint density at radius 2 is 1.75 bits per heavy atom. The number of nitrogens with zero attached hydrogens (tertiary/aromatic N) is 2. The average molecular weight is 272 g/mol. The number of unbranched alkanes of at least 4 members (excludes halogenated alkanes) is 1. The number of hydrogen-bond acceptors (Lipinski definition) is 2. The van der Waals surface area contributed by atoms with Crippen molar-refractivity contribution in [2.75, 3.05) is 0 Å². The van der Waals surface area contributed by atoms with Crippen molar-refractivity contribution in [1.29, 1.82) is 0 Å². The summed E-state index contributed by atoms with van der Waals surface area (Å²) >= 11 is 0. The van der Waals surface area contributed by atoms with Gasteiger partial charge in [-0.15, -0.1) is 0 Å². The van der Waals surface area contributed by atoms with Crippen molar-refractivity contribution in [3.8, 4) is 11.6 Å². The fourth-order valence-corrected chi connectivity index (χ4v) is 2.40. The highest BCUT2D eigenvalue weighted by Gasteiger charge is 2.17. The topological polar surface area (TPSA) is 38.0 Å². The number of aromatic nitrogens is 2. The largest absolute Gasteiger partial charge is 0.493 e. The first-order valence-electron chi connectivity index (χ1n) is 7.54. The third-order valence-electron chi connectivity index (χ3n) is 3.59. The first-order chi connectivity index (χ1) is 9.67. The van der Waals surface area contributed by atoms with Crippen LogP contribution in [0.5, 0.6) is 5.88 Å². The molecule has 1 heterocycles. The van der Waals surface area contributed by atoms with Gasteiger partial charge in [0.1, 0.15) is 0 Å². The molecule has 0 aliphatic carbocycles. The normalized spacial score (nSPS) is 10.9. The zero-order chi connectivity index (χ0) is 14.5. The van der Waals surface area contributed by atoms with Gasteiger partial charge in [-0.2, -0.15) is 5.10 Å². The minimum absolute atomic E-state index is 0.307. The zero-order valence-electron chi connectivity index (χ0n) is 12.7. The summed E-state index contributed by atoms with van der Waals surface area (Å²) in [6, 6.07) is 8.09. The van der Waals surface area contributed by atoms with E-state index >= 15 is 0 Å². The van der Waals surface area contributed by atoms with Gasteiger partial charge < -0.3 is 5.11 Å². The highest BCUT2D eigenvalue weighted by atomic mass is 16.3. The van der Waals surface area contributed by atoms with Gasteiger partial charge in [0.05, 0.1) is 11.4 Å². The van der Waals surface area contributed by atoms with Crippen molar-refractivity contribution in [2.24, 2.45) is 0 Å². The van der Waals surface area contributed by atoms with E-state index in [1.807, 2.05) is 24.3 Å². The Morgan fingerprint density at radius 3 is 2.35 bits per heavy atom. The van der Waals surface area contributed by atoms with E-state index in [0.717, 1.165) is 49.0 Å². The molecule has 2 aromatic rings. The van der Waals surface area contributed by atoms with Gasteiger partial charge >= 0.3 is 0 Å². The summed E-state index contributed by atoms with van der Waals surface area (Å²) in [7, 11) is 0. The van der Waals surface area contributed by atoms with Crippen molar-refractivity contribution in [1.82, 2.24) is 9.78 Å². The molecular formula is C17H24N2O. The lowest BCUT2D eigenvalue weighted by atomic mass is 10.1. The van der Waals surface area contributed by atoms with Crippen LogP contribution in [0.2, 0.25) is 0 Å². The summed E-state index contributed by atoms with van der Waals surface area (Å²) < 4.78 is 1.68. The van der Waals surface area contributed by atoms with Gasteiger partial charge in [-0.1, -0.05) is 44.4 Å². The summed E-state index contributed by atoms with van der Waals surface area (Å²) in [5, 5.41) is 15.1. The lowest BCUT2D eigenvalue weighted by Gasteiger charge is -2.04. The second-order valence-corrected chi connectivity index (χ2v) is 5.35. The van der Waals surface area contributed by atoms with E-state index in [1.165, 1.54) is 5.56 Å². The molecule has 20 heavy (non-hydrogen) atoms. The summed E-state index contributed by atoms with van der Waals surface area (Å²) in [4.78, 5) is 0. The number of benzene rings is 1. The molecule has 3 heteroatoms. The summed E-state index contributed by atoms with van der Waals surface area (Å²) in [6.07, 6.45) is 5.10. The van der Waals surface area contributed by atoms with E-state index in [4.69, 9.17) is 0 Å². The van der Waals surface area contributed by atoms with Crippen LogP contribution in [0, 0.1) is 6.92 Å². The Kier molecular flexibility index (Phi) is 4.83. The number of hydrogen-bond donors (Lipinski definition) is 1. The van der Waals surface area contributed by atoms with Crippen LogP contribution in [0.15, 0.2) is 24.3 Å². The van der Waals surface area contributed by atoms with Gasteiger partial charge in [0.15, 0.2) is 0 Å². The molecule has 1 aromatic heterocycles. The number of aromatic hydroxyl groups is 1. The standard InChI is InChI=1S/C17H24N2O/c1-4-6-8-16-15(7-5-2)17(20)19(18-16)14-11-9-13(3)10-12-14/h9-12,20H,4-8H2,1-3H3. The maximum absolute atomic E-state index is 10.5. The predicted octanol–water partition coefficient (Wildman–Crippen LogP) is 4.18. The van der Waals surface area contributed by atoms with E-state index in [-0.39, 0.29) is 0 Å². The molecule has 1 aromatic carbocycles. The highest BCUT2D eigenvalue weighted by molar-refractivity contribution is 5.41. The third kappa shape index (κ3) is 3.03. The molecule has 0 fully saturated rings. The van der Waals surface area contributed by atoms with Crippen LogP contribution >= 0.6 is 0 Å². The van der Waals surface area contributed by atoms with Gasteiger partial charge in [-0.3, -0.25) is 0 Å². The SMILES string of the molecule is CCCCc1nn(-c2ccc(C)cc2)c(O)c1CCC. The molecular weight excluding hydrogens is 248 g/mol. The monoisotopic (exact) mass is 272 g/mol. The van der Waals surface area contributed by atoms with Gasteiger partial charge in [-0.05, 0) is 38.3 Å². The van der Waals surface area contributed by atoms with Crippen LogP contribution in [-0.2, 0) is 12.8 Å². The second-order valence-electron chi connectivity index (χ2n) is 5.35. The maximum Gasteiger partial charge on any atom is 0.217 e. The minimum Gasteiger partial charge on any atom is -0.493 e. The lowest BCUT2D eigenvalue weighted by Crippen LogP contribution is -1.97. The van der Waals surface area contributed by atoms with E-state index in [2.05, 4.69) is 25.9 Å². The molecule has 0 bridgehead atoms. The summed E-state index contributed by atoms with van der Waals surface area (Å²) in [5.41, 5.74) is 4.20. The molecule has 0 amide bonds. The molecule has 3 nitrogen and oxygen atoms in total. The van der Waals surface area contributed by atoms with Crippen LogP contribution in [0.3, 0.4) is 0 Å². The molecule has 2 rings (SSSR count). The lowest BCUT2D eigenvalue weighted by molar-refractivity contribution is 0.427. The predicted molar refractivity (Wildman–Crippen MR) is 82.6 cm³/mol. The minimum atomic E-state index is 0.307. The summed E-state index contributed by atoms with van der Waals surface area (Å²) in [5.74, 6) is 0.307. The first-order valence-corrected chi connectivity index (χ1v) is 7.54. The molecule has 0 unspecified atom stereocenters. The van der Waals surface area contributed by atoms with Crippen LogP contribution in [0.25, 0.3) is 5.69 Å². The number of rotatable bonds is 6. The molecule has 0 spiro atoms. The Bertz CT molecular complexity index is 555. The van der Waals surface area contributed by atoms with E-state index in [9.17, 15) is 5.11 Å². The molecule has 0 aliphatic rings. The van der Waals surface area contributed by atoms with Crippen LogP contribution in [0.4, 0.5) is 0 Å². The fourth-order valence-electron chi connectivity index (χ4n) is 2.40. The van der Waals surface area contributed by atoms with E-state index in [1.54, 1.807) is 4.68 Å². The average Bonchev–Trinajstić information content (AvgIpc) is 2.75. The molecule has 1 N–H and O–H groups in total. The molecule has 0 saturated carbocycles. The third-order valence-corrected chi connectivity index (χ3v) is 3.59.